The van der Waals surface area contributed by atoms with Crippen LogP contribution in [0.2, 0.25) is 0 Å². The number of aromatic nitrogens is 2. The summed E-state index contributed by atoms with van der Waals surface area (Å²) >= 11 is 0. The van der Waals surface area contributed by atoms with E-state index >= 15 is 0 Å². The molecule has 0 unspecified atom stereocenters. The Kier molecular flexibility index (Phi) is 1.65. The lowest BCUT2D eigenvalue weighted by Gasteiger charge is -2.04. The van der Waals surface area contributed by atoms with Crippen molar-refractivity contribution >= 4 is 11.8 Å². The Morgan fingerprint density at radius 1 is 1.40 bits per heavy atom. The Morgan fingerprint density at radius 3 is 3.13 bits per heavy atom. The molecule has 0 aliphatic carbocycles. The molecule has 0 spiro atoms. The molecule has 0 fully saturated rings. The van der Waals surface area contributed by atoms with Crippen molar-refractivity contribution < 1.29 is 4.42 Å². The molecule has 15 heavy (non-hydrogen) atoms. The number of furan rings is 1. The summed E-state index contributed by atoms with van der Waals surface area (Å²) in [6.45, 7) is 0.876. The number of fused-ring (bicyclic) bond motifs is 1. The van der Waals surface area contributed by atoms with Crippen LogP contribution >= 0.6 is 0 Å². The van der Waals surface area contributed by atoms with Gasteiger partial charge < -0.3 is 15.5 Å². The van der Waals surface area contributed by atoms with E-state index in [0.29, 0.717) is 0 Å². The Bertz CT molecular complexity index is 492. The van der Waals surface area contributed by atoms with E-state index in [-0.39, 0.29) is 5.95 Å². The Morgan fingerprint density at radius 2 is 2.33 bits per heavy atom. The maximum Gasteiger partial charge on any atom is 0.222 e. The second kappa shape index (κ2) is 2.98. The third kappa shape index (κ3) is 1.24. The number of anilines is 2. The number of hydrogen-bond acceptors (Lipinski definition) is 5. The second-order valence-electron chi connectivity index (χ2n) is 3.41. The summed E-state index contributed by atoms with van der Waals surface area (Å²) in [4.78, 5) is 8.36. The summed E-state index contributed by atoms with van der Waals surface area (Å²) in [5.41, 5.74) is 7.52. The average Bonchev–Trinajstić information content (AvgIpc) is 2.86. The van der Waals surface area contributed by atoms with Crippen molar-refractivity contribution in [3.05, 3.63) is 24.0 Å². The molecule has 0 atom stereocenters. The molecule has 3 rings (SSSR count). The van der Waals surface area contributed by atoms with Crippen LogP contribution in [0, 0.1) is 0 Å². The molecule has 1 aliphatic heterocycles. The first-order valence-corrected chi connectivity index (χ1v) is 4.79. The molecule has 0 saturated heterocycles. The summed E-state index contributed by atoms with van der Waals surface area (Å²) in [6.07, 6.45) is 2.54. The first-order chi connectivity index (χ1) is 7.34. The maximum atomic E-state index is 5.63. The van der Waals surface area contributed by atoms with Crippen molar-refractivity contribution in [1.82, 2.24) is 9.97 Å². The Labute approximate surface area is 86.3 Å². The summed E-state index contributed by atoms with van der Waals surface area (Å²) in [5, 5.41) is 3.17. The van der Waals surface area contributed by atoms with Crippen LogP contribution in [0.25, 0.3) is 11.5 Å². The zero-order valence-corrected chi connectivity index (χ0v) is 8.03. The van der Waals surface area contributed by atoms with Crippen LogP contribution in [-0.2, 0) is 6.42 Å². The smallest absolute Gasteiger partial charge is 0.222 e. The third-order valence-corrected chi connectivity index (χ3v) is 2.45. The number of nitrogens with zero attached hydrogens (tertiary/aromatic N) is 2. The molecule has 2 aromatic rings. The van der Waals surface area contributed by atoms with Gasteiger partial charge in [-0.1, -0.05) is 0 Å². The number of rotatable bonds is 1. The quantitative estimate of drug-likeness (QED) is 0.728. The van der Waals surface area contributed by atoms with Gasteiger partial charge in [0.25, 0.3) is 0 Å². The largest absolute Gasteiger partial charge is 0.463 e. The van der Waals surface area contributed by atoms with Crippen LogP contribution in [0.4, 0.5) is 11.8 Å². The highest BCUT2D eigenvalue weighted by molar-refractivity contribution is 5.68. The lowest BCUT2D eigenvalue weighted by molar-refractivity contribution is 0.579. The van der Waals surface area contributed by atoms with Crippen LogP contribution in [-0.4, -0.2) is 16.5 Å². The van der Waals surface area contributed by atoms with Gasteiger partial charge in [0.2, 0.25) is 5.95 Å². The average molecular weight is 202 g/mol. The fourth-order valence-corrected chi connectivity index (χ4v) is 1.81. The number of nitrogens with one attached hydrogen (secondary N) is 1. The van der Waals surface area contributed by atoms with Gasteiger partial charge in [0.1, 0.15) is 11.5 Å². The van der Waals surface area contributed by atoms with E-state index in [1.165, 1.54) is 0 Å². The van der Waals surface area contributed by atoms with Gasteiger partial charge in [-0.05, 0) is 18.6 Å². The second-order valence-corrected chi connectivity index (χ2v) is 3.41. The molecule has 0 amide bonds. The summed E-state index contributed by atoms with van der Waals surface area (Å²) in [7, 11) is 0. The number of nitrogen functional groups attached to an aromatic ring is 1. The normalized spacial score (nSPS) is 13.6. The molecule has 0 bridgehead atoms. The van der Waals surface area contributed by atoms with E-state index < -0.39 is 0 Å². The highest BCUT2D eigenvalue weighted by Crippen LogP contribution is 2.30. The molecule has 0 aromatic carbocycles. The van der Waals surface area contributed by atoms with Gasteiger partial charge in [0, 0.05) is 12.1 Å². The fraction of sp³-hybridized carbons (Fsp3) is 0.200. The molecule has 5 nitrogen and oxygen atoms in total. The summed E-state index contributed by atoms with van der Waals surface area (Å²) in [6, 6.07) is 3.71. The molecule has 76 valence electrons. The molecule has 3 N–H and O–H groups in total. The van der Waals surface area contributed by atoms with Crippen LogP contribution in [0.1, 0.15) is 5.56 Å². The zero-order valence-electron chi connectivity index (χ0n) is 8.03. The van der Waals surface area contributed by atoms with Gasteiger partial charge in [-0.15, -0.1) is 0 Å². The lowest BCUT2D eigenvalue weighted by Crippen LogP contribution is -2.01. The first-order valence-electron chi connectivity index (χ1n) is 4.79. The highest BCUT2D eigenvalue weighted by Gasteiger charge is 2.20. The predicted octanol–water partition coefficient (Wildman–Crippen LogP) is 1.29. The number of nitrogens with two attached hydrogens (primary N) is 1. The summed E-state index contributed by atoms with van der Waals surface area (Å²) < 4.78 is 5.33. The predicted molar refractivity (Wildman–Crippen MR) is 56.3 cm³/mol. The number of hydrogen-bond donors (Lipinski definition) is 2. The van der Waals surface area contributed by atoms with Gasteiger partial charge >= 0.3 is 0 Å². The van der Waals surface area contributed by atoms with Gasteiger partial charge in [-0.2, -0.15) is 4.98 Å². The topological polar surface area (TPSA) is 77.0 Å². The van der Waals surface area contributed by atoms with E-state index in [1.807, 2.05) is 12.1 Å². The summed E-state index contributed by atoms with van der Waals surface area (Å²) in [5.74, 6) is 1.84. The van der Waals surface area contributed by atoms with Crippen LogP contribution in [0.5, 0.6) is 0 Å². The van der Waals surface area contributed by atoms with Crippen molar-refractivity contribution in [2.45, 2.75) is 6.42 Å². The molecular weight excluding hydrogens is 192 g/mol. The van der Waals surface area contributed by atoms with E-state index in [4.69, 9.17) is 10.2 Å². The molecule has 0 radical (unpaired) electrons. The highest BCUT2D eigenvalue weighted by atomic mass is 16.3. The third-order valence-electron chi connectivity index (χ3n) is 2.45. The lowest BCUT2D eigenvalue weighted by atomic mass is 10.1. The minimum Gasteiger partial charge on any atom is -0.463 e. The molecule has 3 heterocycles. The SMILES string of the molecule is Nc1nc2c(c(-c3ccco3)n1)CCN2. The Balaban J connectivity index is 2.23. The van der Waals surface area contributed by atoms with Crippen molar-refractivity contribution in [3.63, 3.8) is 0 Å². The van der Waals surface area contributed by atoms with E-state index in [2.05, 4.69) is 15.3 Å². The molecule has 5 heteroatoms. The van der Waals surface area contributed by atoms with Crippen molar-refractivity contribution in [2.75, 3.05) is 17.6 Å². The fourth-order valence-electron chi connectivity index (χ4n) is 1.81. The Hall–Kier alpha value is -2.04. The van der Waals surface area contributed by atoms with Crippen molar-refractivity contribution in [2.24, 2.45) is 0 Å². The molecule has 1 aliphatic rings. The maximum absolute atomic E-state index is 5.63. The molecule has 2 aromatic heterocycles. The standard InChI is InChI=1S/C10H10N4O/c11-10-13-8(7-2-1-5-15-7)6-3-4-12-9(6)14-10/h1-2,5H,3-4H2,(H3,11,12,13,14). The van der Waals surface area contributed by atoms with Gasteiger partial charge in [-0.3, -0.25) is 0 Å². The van der Waals surface area contributed by atoms with Crippen molar-refractivity contribution in [1.29, 1.82) is 0 Å². The zero-order chi connectivity index (χ0) is 10.3. The van der Waals surface area contributed by atoms with E-state index in [9.17, 15) is 0 Å². The minimum atomic E-state index is 0.273. The van der Waals surface area contributed by atoms with Crippen molar-refractivity contribution in [3.8, 4) is 11.5 Å². The van der Waals surface area contributed by atoms with Gasteiger partial charge in [0.15, 0.2) is 5.76 Å². The van der Waals surface area contributed by atoms with Crippen LogP contribution in [0.3, 0.4) is 0 Å². The van der Waals surface area contributed by atoms with Gasteiger partial charge in [0.05, 0.1) is 6.26 Å². The van der Waals surface area contributed by atoms with E-state index in [1.54, 1.807) is 6.26 Å². The molecular formula is C10H10N4O. The molecule has 0 saturated carbocycles. The first kappa shape index (κ1) is 8.28. The minimum absolute atomic E-state index is 0.273. The van der Waals surface area contributed by atoms with Gasteiger partial charge in [-0.25, -0.2) is 4.98 Å². The van der Waals surface area contributed by atoms with Crippen LogP contribution < -0.4 is 11.1 Å². The monoisotopic (exact) mass is 202 g/mol. The van der Waals surface area contributed by atoms with E-state index in [0.717, 1.165) is 35.8 Å². The van der Waals surface area contributed by atoms with Crippen LogP contribution in [0.15, 0.2) is 22.8 Å².